The molecule has 1 aromatic carbocycles. The molecule has 2 aromatic heterocycles. The summed E-state index contributed by atoms with van der Waals surface area (Å²) in [5.41, 5.74) is 0.477. The van der Waals surface area contributed by atoms with Gasteiger partial charge in [0.2, 0.25) is 5.88 Å². The maximum Gasteiger partial charge on any atom is 0.269 e. The van der Waals surface area contributed by atoms with E-state index in [2.05, 4.69) is 10.3 Å². The van der Waals surface area contributed by atoms with Gasteiger partial charge in [0, 0.05) is 13.2 Å². The maximum absolute atomic E-state index is 13.1. The minimum absolute atomic E-state index is 0.00822. The second-order valence-electron chi connectivity index (χ2n) is 6.05. The monoisotopic (exact) mass is 390 g/mol. The predicted octanol–water partition coefficient (Wildman–Crippen LogP) is 2.46. The molecule has 0 unspecified atom stereocenters. The van der Waals surface area contributed by atoms with Gasteiger partial charge in [-0.05, 0) is 48.9 Å². The van der Waals surface area contributed by atoms with Crippen LogP contribution in [0.4, 0.5) is 0 Å². The van der Waals surface area contributed by atoms with Gasteiger partial charge in [0.05, 0.1) is 7.11 Å². The van der Waals surface area contributed by atoms with Crippen molar-refractivity contribution in [3.05, 3.63) is 69.6 Å². The van der Waals surface area contributed by atoms with E-state index in [1.54, 1.807) is 49.7 Å². The van der Waals surface area contributed by atoms with Gasteiger partial charge < -0.3 is 14.8 Å². The number of carbonyl (C=O) groups is 1. The standard InChI is InChI=1S/C21H18N4O4/c1-13-5-4-10-25-18(13)24-20(29-16-8-6-15(28-3)7-9-16)17(21(25)27)11-14(12-22)19(26)23-2/h4-11H,1-3H3,(H,23,26)/b14-11-. The summed E-state index contributed by atoms with van der Waals surface area (Å²) in [7, 11) is 2.95. The quantitative estimate of drug-likeness (QED) is 0.530. The van der Waals surface area contributed by atoms with Crippen molar-refractivity contribution in [2.45, 2.75) is 6.92 Å². The lowest BCUT2D eigenvalue weighted by atomic mass is 10.1. The van der Waals surface area contributed by atoms with Crippen molar-refractivity contribution in [1.82, 2.24) is 14.7 Å². The molecule has 0 aliphatic rings. The molecule has 0 atom stereocenters. The smallest absolute Gasteiger partial charge is 0.269 e. The lowest BCUT2D eigenvalue weighted by Crippen LogP contribution is -2.22. The number of benzene rings is 1. The highest BCUT2D eigenvalue weighted by molar-refractivity contribution is 6.01. The minimum Gasteiger partial charge on any atom is -0.497 e. The number of methoxy groups -OCH3 is 1. The zero-order valence-electron chi connectivity index (χ0n) is 16.1. The van der Waals surface area contributed by atoms with Gasteiger partial charge in [-0.1, -0.05) is 6.07 Å². The van der Waals surface area contributed by atoms with E-state index in [4.69, 9.17) is 9.47 Å². The molecule has 0 bridgehead atoms. The first-order chi connectivity index (χ1) is 14.0. The Kier molecular flexibility index (Phi) is 5.60. The number of rotatable bonds is 5. The second-order valence-corrected chi connectivity index (χ2v) is 6.05. The van der Waals surface area contributed by atoms with Crippen LogP contribution in [0.3, 0.4) is 0 Å². The molecule has 3 aromatic rings. The van der Waals surface area contributed by atoms with E-state index in [0.717, 1.165) is 5.56 Å². The van der Waals surface area contributed by atoms with Gasteiger partial charge in [-0.2, -0.15) is 10.2 Å². The third kappa shape index (κ3) is 3.94. The van der Waals surface area contributed by atoms with E-state index in [-0.39, 0.29) is 17.0 Å². The van der Waals surface area contributed by atoms with Crippen molar-refractivity contribution < 1.29 is 14.3 Å². The number of aromatic nitrogens is 2. The fourth-order valence-electron chi connectivity index (χ4n) is 2.68. The number of fused-ring (bicyclic) bond motifs is 1. The number of aryl methyl sites for hydroxylation is 1. The molecule has 0 aliphatic heterocycles. The molecule has 8 heteroatoms. The van der Waals surface area contributed by atoms with Crippen molar-refractivity contribution in [3.8, 4) is 23.4 Å². The van der Waals surface area contributed by atoms with Crippen LogP contribution in [0.5, 0.6) is 17.4 Å². The molecule has 29 heavy (non-hydrogen) atoms. The number of nitriles is 1. The highest BCUT2D eigenvalue weighted by atomic mass is 16.5. The summed E-state index contributed by atoms with van der Waals surface area (Å²) in [5, 5.41) is 11.7. The minimum atomic E-state index is -0.614. The molecule has 1 amide bonds. The van der Waals surface area contributed by atoms with Crippen LogP contribution in [-0.4, -0.2) is 29.4 Å². The molecular formula is C21H18N4O4. The molecule has 3 rings (SSSR count). The molecule has 0 aliphatic carbocycles. The lowest BCUT2D eigenvalue weighted by molar-refractivity contribution is -0.116. The third-order valence-electron chi connectivity index (χ3n) is 4.20. The van der Waals surface area contributed by atoms with Crippen molar-refractivity contribution in [1.29, 1.82) is 5.26 Å². The van der Waals surface area contributed by atoms with Crippen molar-refractivity contribution >= 4 is 17.6 Å². The average Bonchev–Trinajstić information content (AvgIpc) is 2.74. The number of likely N-dealkylation sites (N-methyl/N-ethyl adjacent to an activating group) is 1. The Morgan fingerprint density at radius 2 is 1.93 bits per heavy atom. The Morgan fingerprint density at radius 1 is 1.24 bits per heavy atom. The largest absolute Gasteiger partial charge is 0.497 e. The fraction of sp³-hybridized carbons (Fsp3) is 0.143. The lowest BCUT2D eigenvalue weighted by Gasteiger charge is -2.11. The van der Waals surface area contributed by atoms with E-state index in [9.17, 15) is 14.9 Å². The number of ether oxygens (including phenoxy) is 2. The van der Waals surface area contributed by atoms with E-state index >= 15 is 0 Å². The van der Waals surface area contributed by atoms with Gasteiger partial charge in [-0.25, -0.2) is 0 Å². The Hall–Kier alpha value is -4.12. The summed E-state index contributed by atoms with van der Waals surface area (Å²) in [6, 6.07) is 12.1. The Bertz CT molecular complexity index is 1200. The molecule has 8 nitrogen and oxygen atoms in total. The van der Waals surface area contributed by atoms with Crippen molar-refractivity contribution in [2.24, 2.45) is 0 Å². The Balaban J connectivity index is 2.23. The van der Waals surface area contributed by atoms with Crippen LogP contribution in [0.25, 0.3) is 11.7 Å². The SMILES string of the molecule is CNC(=O)/C(C#N)=C\c1c(Oc2ccc(OC)cc2)nc2c(C)cccn2c1=O. The molecule has 0 spiro atoms. The maximum atomic E-state index is 13.1. The molecule has 0 radical (unpaired) electrons. The Morgan fingerprint density at radius 3 is 2.55 bits per heavy atom. The summed E-state index contributed by atoms with van der Waals surface area (Å²) in [6.07, 6.45) is 2.75. The predicted molar refractivity (Wildman–Crippen MR) is 107 cm³/mol. The summed E-state index contributed by atoms with van der Waals surface area (Å²) < 4.78 is 12.3. The molecule has 0 fully saturated rings. The summed E-state index contributed by atoms with van der Waals surface area (Å²) in [5.74, 6) is 0.442. The topological polar surface area (TPSA) is 106 Å². The molecule has 0 saturated heterocycles. The molecule has 1 N–H and O–H groups in total. The van der Waals surface area contributed by atoms with Crippen LogP contribution in [-0.2, 0) is 4.79 Å². The molecule has 2 heterocycles. The number of hydrogen-bond donors (Lipinski definition) is 1. The van der Waals surface area contributed by atoms with Crippen LogP contribution in [0.1, 0.15) is 11.1 Å². The number of pyridine rings is 1. The summed E-state index contributed by atoms with van der Waals surface area (Å²) in [4.78, 5) is 29.5. The summed E-state index contributed by atoms with van der Waals surface area (Å²) in [6.45, 7) is 1.82. The first-order valence-electron chi connectivity index (χ1n) is 8.66. The van der Waals surface area contributed by atoms with Crippen molar-refractivity contribution in [3.63, 3.8) is 0 Å². The number of nitrogens with one attached hydrogen (secondary N) is 1. The molecule has 146 valence electrons. The van der Waals surface area contributed by atoms with Gasteiger partial charge in [0.15, 0.2) is 0 Å². The van der Waals surface area contributed by atoms with Crippen LogP contribution >= 0.6 is 0 Å². The van der Waals surface area contributed by atoms with Crippen LogP contribution in [0.2, 0.25) is 0 Å². The van der Waals surface area contributed by atoms with Crippen LogP contribution in [0.15, 0.2) is 53.0 Å². The van der Waals surface area contributed by atoms with Crippen molar-refractivity contribution in [2.75, 3.05) is 14.2 Å². The zero-order valence-corrected chi connectivity index (χ0v) is 16.1. The number of hydrogen-bond acceptors (Lipinski definition) is 6. The highest BCUT2D eigenvalue weighted by Gasteiger charge is 2.17. The van der Waals surface area contributed by atoms with E-state index in [1.165, 1.54) is 17.5 Å². The average molecular weight is 390 g/mol. The number of amides is 1. The van der Waals surface area contributed by atoms with Gasteiger partial charge in [-0.15, -0.1) is 0 Å². The summed E-state index contributed by atoms with van der Waals surface area (Å²) >= 11 is 0. The first kappa shape index (κ1) is 19.6. The first-order valence-corrected chi connectivity index (χ1v) is 8.66. The van der Waals surface area contributed by atoms with E-state index in [1.807, 2.05) is 13.0 Å². The van der Waals surface area contributed by atoms with Gasteiger partial charge in [0.1, 0.15) is 34.4 Å². The van der Waals surface area contributed by atoms with Crippen LogP contribution in [0, 0.1) is 18.3 Å². The molecular weight excluding hydrogens is 372 g/mol. The van der Waals surface area contributed by atoms with Gasteiger partial charge in [0.25, 0.3) is 11.5 Å². The van der Waals surface area contributed by atoms with E-state index in [0.29, 0.717) is 17.1 Å². The zero-order chi connectivity index (χ0) is 21.0. The second kappa shape index (κ2) is 8.27. The number of nitrogens with zero attached hydrogens (tertiary/aromatic N) is 3. The highest BCUT2D eigenvalue weighted by Crippen LogP contribution is 2.26. The number of carbonyl (C=O) groups excluding carboxylic acids is 1. The van der Waals surface area contributed by atoms with Gasteiger partial charge >= 0.3 is 0 Å². The third-order valence-corrected chi connectivity index (χ3v) is 4.20. The van der Waals surface area contributed by atoms with Gasteiger partial charge in [-0.3, -0.25) is 14.0 Å². The normalized spacial score (nSPS) is 11.0. The van der Waals surface area contributed by atoms with Crippen LogP contribution < -0.4 is 20.3 Å². The fourth-order valence-corrected chi connectivity index (χ4v) is 2.68. The Labute approximate surface area is 166 Å². The molecule has 0 saturated carbocycles. The van der Waals surface area contributed by atoms with E-state index < -0.39 is 11.5 Å².